The van der Waals surface area contributed by atoms with Crippen LogP contribution in [0.4, 0.5) is 0 Å². The van der Waals surface area contributed by atoms with E-state index in [0.717, 1.165) is 19.3 Å². The van der Waals surface area contributed by atoms with Gasteiger partial charge in [0.25, 0.3) is 0 Å². The van der Waals surface area contributed by atoms with Crippen molar-refractivity contribution in [1.29, 1.82) is 0 Å². The number of likely N-dealkylation sites (tertiary alicyclic amines) is 1. The van der Waals surface area contributed by atoms with E-state index < -0.39 is 33.2 Å². The smallest absolute Gasteiger partial charge is 0.318 e. The summed E-state index contributed by atoms with van der Waals surface area (Å²) in [6.07, 6.45) is 2.77. The molecule has 1 heterocycles. The third kappa shape index (κ3) is 4.33. The van der Waals surface area contributed by atoms with Crippen LogP contribution in [0.15, 0.2) is 0 Å². The molecule has 1 atom stereocenters. The number of nitrogens with zero attached hydrogens (tertiary/aromatic N) is 1. The summed E-state index contributed by atoms with van der Waals surface area (Å²) in [6, 6.07) is 0.0382. The van der Waals surface area contributed by atoms with Crippen LogP contribution in [0.3, 0.4) is 0 Å². The molecular weight excluding hydrogens is 246 g/mol. The molecule has 0 aromatic rings. The summed E-state index contributed by atoms with van der Waals surface area (Å²) in [7, 11) is -3.84. The molecule has 17 heavy (non-hydrogen) atoms. The van der Waals surface area contributed by atoms with Crippen LogP contribution in [0.2, 0.25) is 0 Å². The number of carbonyl (C=O) groups excluding carboxylic acids is 1. The van der Waals surface area contributed by atoms with Crippen LogP contribution in [0, 0.1) is 0 Å². The van der Waals surface area contributed by atoms with Crippen molar-refractivity contribution in [2.24, 2.45) is 0 Å². The Labute approximate surface area is 101 Å². The molecule has 1 aliphatic rings. The minimum absolute atomic E-state index is 0.0382. The fourth-order valence-electron chi connectivity index (χ4n) is 1.98. The Hall–Kier alpha value is -1.11. The van der Waals surface area contributed by atoms with Gasteiger partial charge in [-0.2, -0.15) is 0 Å². The zero-order valence-electron chi connectivity index (χ0n) is 9.76. The van der Waals surface area contributed by atoms with E-state index in [1.54, 1.807) is 0 Å². The van der Waals surface area contributed by atoms with E-state index in [2.05, 4.69) is 0 Å². The molecule has 6 nitrogen and oxygen atoms in total. The minimum Gasteiger partial charge on any atom is -0.480 e. The Morgan fingerprint density at radius 3 is 2.47 bits per heavy atom. The van der Waals surface area contributed by atoms with E-state index in [-0.39, 0.29) is 6.04 Å². The van der Waals surface area contributed by atoms with E-state index >= 15 is 0 Å². The quantitative estimate of drug-likeness (QED) is 0.764. The molecule has 1 rings (SSSR count). The molecule has 1 fully saturated rings. The Morgan fingerprint density at radius 2 is 1.94 bits per heavy atom. The zero-order valence-corrected chi connectivity index (χ0v) is 10.6. The molecule has 1 N–H and O–H groups in total. The first-order valence-electron chi connectivity index (χ1n) is 5.53. The van der Waals surface area contributed by atoms with E-state index in [1.807, 2.05) is 6.92 Å². The van der Waals surface area contributed by atoms with Gasteiger partial charge in [-0.3, -0.25) is 9.59 Å². The van der Waals surface area contributed by atoms with Crippen LogP contribution in [-0.4, -0.2) is 54.4 Å². The maximum Gasteiger partial charge on any atom is 0.318 e. The lowest BCUT2D eigenvalue weighted by Crippen LogP contribution is -2.45. The summed E-state index contributed by atoms with van der Waals surface area (Å²) in [5.74, 6) is -3.60. The number of carboxylic acids is 1. The first-order valence-corrected chi connectivity index (χ1v) is 7.35. The van der Waals surface area contributed by atoms with Crippen molar-refractivity contribution in [3.8, 4) is 0 Å². The molecule has 98 valence electrons. The van der Waals surface area contributed by atoms with Gasteiger partial charge in [0.2, 0.25) is 5.91 Å². The van der Waals surface area contributed by atoms with Crippen molar-refractivity contribution in [2.45, 2.75) is 32.2 Å². The number of carboxylic acid groups (broad SMARTS) is 1. The van der Waals surface area contributed by atoms with Crippen LogP contribution < -0.4 is 0 Å². The summed E-state index contributed by atoms with van der Waals surface area (Å²) in [5, 5.41) is 8.42. The van der Waals surface area contributed by atoms with Crippen molar-refractivity contribution < 1.29 is 23.1 Å². The molecule has 1 amide bonds. The van der Waals surface area contributed by atoms with Gasteiger partial charge in [0.05, 0.1) is 0 Å². The largest absolute Gasteiger partial charge is 0.480 e. The van der Waals surface area contributed by atoms with Crippen LogP contribution in [-0.2, 0) is 19.4 Å². The number of carbonyl (C=O) groups is 2. The summed E-state index contributed by atoms with van der Waals surface area (Å²) >= 11 is 0. The van der Waals surface area contributed by atoms with E-state index in [0.29, 0.717) is 6.54 Å². The third-order valence-electron chi connectivity index (χ3n) is 2.81. The lowest BCUT2D eigenvalue weighted by molar-refractivity contribution is -0.134. The molecule has 0 radical (unpaired) electrons. The van der Waals surface area contributed by atoms with E-state index in [1.165, 1.54) is 4.90 Å². The second-order valence-electron chi connectivity index (χ2n) is 4.36. The lowest BCUT2D eigenvalue weighted by Gasteiger charge is -2.33. The van der Waals surface area contributed by atoms with Crippen LogP contribution in [0.25, 0.3) is 0 Å². The topological polar surface area (TPSA) is 91.8 Å². The molecule has 0 spiro atoms. The molecule has 7 heteroatoms. The van der Waals surface area contributed by atoms with E-state index in [4.69, 9.17) is 5.11 Å². The van der Waals surface area contributed by atoms with Gasteiger partial charge in [0.1, 0.15) is 11.5 Å². The lowest BCUT2D eigenvalue weighted by atomic mass is 10.0. The summed E-state index contributed by atoms with van der Waals surface area (Å²) < 4.78 is 22.7. The summed E-state index contributed by atoms with van der Waals surface area (Å²) in [6.45, 7) is 2.43. The van der Waals surface area contributed by atoms with Gasteiger partial charge in [-0.25, -0.2) is 8.42 Å². The highest BCUT2D eigenvalue weighted by Crippen LogP contribution is 2.16. The number of hydrogen-bond donors (Lipinski definition) is 1. The minimum atomic E-state index is -3.84. The molecule has 0 aromatic heterocycles. The van der Waals surface area contributed by atoms with Gasteiger partial charge in [-0.15, -0.1) is 0 Å². The average Bonchev–Trinajstić information content (AvgIpc) is 2.14. The van der Waals surface area contributed by atoms with Crippen LogP contribution in [0.1, 0.15) is 26.2 Å². The number of amides is 1. The third-order valence-corrected chi connectivity index (χ3v) is 4.18. The highest BCUT2D eigenvalue weighted by molar-refractivity contribution is 7.92. The first kappa shape index (κ1) is 14.0. The second-order valence-corrected chi connectivity index (χ2v) is 6.42. The average molecular weight is 263 g/mol. The van der Waals surface area contributed by atoms with Crippen molar-refractivity contribution in [1.82, 2.24) is 4.90 Å². The van der Waals surface area contributed by atoms with Gasteiger partial charge in [0.15, 0.2) is 9.84 Å². The number of piperidine rings is 1. The summed E-state index contributed by atoms with van der Waals surface area (Å²) in [5.41, 5.74) is 0. The molecule has 1 saturated heterocycles. The Bertz CT molecular complexity index is 403. The molecule has 0 aliphatic carbocycles. The molecule has 0 saturated carbocycles. The molecule has 0 aromatic carbocycles. The second kappa shape index (κ2) is 5.48. The maximum absolute atomic E-state index is 11.8. The van der Waals surface area contributed by atoms with Gasteiger partial charge in [0, 0.05) is 12.6 Å². The van der Waals surface area contributed by atoms with Crippen LogP contribution in [0.5, 0.6) is 0 Å². The molecule has 0 unspecified atom stereocenters. The Kier molecular flexibility index (Phi) is 4.50. The Balaban J connectivity index is 2.62. The number of aliphatic carboxylic acids is 1. The van der Waals surface area contributed by atoms with Crippen molar-refractivity contribution in [2.75, 3.05) is 18.1 Å². The predicted molar refractivity (Wildman–Crippen MR) is 61.3 cm³/mol. The van der Waals surface area contributed by atoms with Crippen LogP contribution >= 0.6 is 0 Å². The van der Waals surface area contributed by atoms with Crippen molar-refractivity contribution >= 4 is 21.7 Å². The molecule has 0 bridgehead atoms. The van der Waals surface area contributed by atoms with Gasteiger partial charge < -0.3 is 10.0 Å². The monoisotopic (exact) mass is 263 g/mol. The number of rotatable bonds is 4. The standard InChI is InChI=1S/C10H17NO5S/c1-8-4-2-3-5-11(8)9(12)6-17(15,16)7-10(13)14/h8H,2-7H2,1H3,(H,13,14)/t8-/m1/s1. The van der Waals surface area contributed by atoms with Crippen molar-refractivity contribution in [3.63, 3.8) is 0 Å². The number of hydrogen-bond acceptors (Lipinski definition) is 4. The fourth-order valence-corrected chi connectivity index (χ4v) is 3.00. The fraction of sp³-hybridized carbons (Fsp3) is 0.800. The summed E-state index contributed by atoms with van der Waals surface area (Å²) in [4.78, 5) is 23.6. The van der Waals surface area contributed by atoms with E-state index in [9.17, 15) is 18.0 Å². The predicted octanol–water partition coefficient (Wildman–Crippen LogP) is -0.113. The van der Waals surface area contributed by atoms with Gasteiger partial charge in [-0.05, 0) is 26.2 Å². The van der Waals surface area contributed by atoms with Gasteiger partial charge in [-0.1, -0.05) is 0 Å². The Morgan fingerprint density at radius 1 is 1.29 bits per heavy atom. The SMILES string of the molecule is C[C@@H]1CCCCN1C(=O)CS(=O)(=O)CC(=O)O. The number of sulfone groups is 1. The first-order chi connectivity index (χ1) is 7.82. The maximum atomic E-state index is 11.8. The normalized spacial score (nSPS) is 21.2. The molecule has 1 aliphatic heterocycles. The highest BCUT2D eigenvalue weighted by Gasteiger charge is 2.28. The highest BCUT2D eigenvalue weighted by atomic mass is 32.2. The zero-order chi connectivity index (χ0) is 13.1. The van der Waals surface area contributed by atoms with Gasteiger partial charge >= 0.3 is 5.97 Å². The molecular formula is C10H17NO5S. The van der Waals surface area contributed by atoms with Crippen molar-refractivity contribution in [3.05, 3.63) is 0 Å².